The van der Waals surface area contributed by atoms with Crippen molar-refractivity contribution in [1.82, 2.24) is 5.32 Å². The first-order valence-corrected chi connectivity index (χ1v) is 5.60. The van der Waals surface area contributed by atoms with Crippen molar-refractivity contribution in [2.24, 2.45) is 5.92 Å². The molecular formula is C11H21N. The van der Waals surface area contributed by atoms with E-state index in [0.717, 1.165) is 18.0 Å². The summed E-state index contributed by atoms with van der Waals surface area (Å²) in [7, 11) is 0. The molecule has 0 aromatic rings. The van der Waals surface area contributed by atoms with Gasteiger partial charge in [-0.1, -0.05) is 19.8 Å². The van der Waals surface area contributed by atoms with Gasteiger partial charge in [0.05, 0.1) is 0 Å². The predicted molar refractivity (Wildman–Crippen MR) is 52.2 cm³/mol. The molecule has 2 atom stereocenters. The molecule has 0 amide bonds. The van der Waals surface area contributed by atoms with Crippen LogP contribution in [0, 0.1) is 5.92 Å². The summed E-state index contributed by atoms with van der Waals surface area (Å²) in [5.41, 5.74) is 0. The fourth-order valence-electron chi connectivity index (χ4n) is 2.78. The Morgan fingerprint density at radius 1 is 0.917 bits per heavy atom. The molecule has 0 spiro atoms. The summed E-state index contributed by atoms with van der Waals surface area (Å²) in [6, 6.07) is 1.74. The standard InChI is InChI=1S/C11H21N/c1-9-6-7-11(8-9)12-10-4-2-3-5-10/h9-12H,2-8H2,1H3/t9-,11-/m0/s1. The summed E-state index contributed by atoms with van der Waals surface area (Å²) in [5.74, 6) is 0.976. The molecule has 1 nitrogen and oxygen atoms in total. The SMILES string of the molecule is C[C@H]1CC[C@H](NC2CCCC2)C1. The Balaban J connectivity index is 1.72. The monoisotopic (exact) mass is 167 g/mol. The average molecular weight is 167 g/mol. The molecule has 0 aromatic heterocycles. The minimum Gasteiger partial charge on any atom is -0.311 e. The van der Waals surface area contributed by atoms with Crippen LogP contribution in [-0.4, -0.2) is 12.1 Å². The third-order valence-corrected chi connectivity index (χ3v) is 3.52. The van der Waals surface area contributed by atoms with Gasteiger partial charge in [-0.3, -0.25) is 0 Å². The van der Waals surface area contributed by atoms with Gasteiger partial charge in [0.25, 0.3) is 0 Å². The van der Waals surface area contributed by atoms with Gasteiger partial charge in [-0.2, -0.15) is 0 Å². The van der Waals surface area contributed by atoms with E-state index in [-0.39, 0.29) is 0 Å². The van der Waals surface area contributed by atoms with Gasteiger partial charge in [0, 0.05) is 12.1 Å². The van der Waals surface area contributed by atoms with E-state index in [1.165, 1.54) is 44.9 Å². The van der Waals surface area contributed by atoms with Crippen LogP contribution in [-0.2, 0) is 0 Å². The van der Waals surface area contributed by atoms with Gasteiger partial charge >= 0.3 is 0 Å². The summed E-state index contributed by atoms with van der Waals surface area (Å²) in [5, 5.41) is 3.81. The van der Waals surface area contributed by atoms with Gasteiger partial charge in [0.2, 0.25) is 0 Å². The van der Waals surface area contributed by atoms with E-state index in [0.29, 0.717) is 0 Å². The van der Waals surface area contributed by atoms with Gasteiger partial charge < -0.3 is 5.32 Å². The fourth-order valence-corrected chi connectivity index (χ4v) is 2.78. The second-order valence-corrected chi connectivity index (χ2v) is 4.76. The van der Waals surface area contributed by atoms with Crippen molar-refractivity contribution in [3.8, 4) is 0 Å². The molecule has 2 aliphatic rings. The smallest absolute Gasteiger partial charge is 0.00722 e. The number of hydrogen-bond acceptors (Lipinski definition) is 1. The third-order valence-electron chi connectivity index (χ3n) is 3.52. The first-order chi connectivity index (χ1) is 5.84. The molecule has 0 unspecified atom stereocenters. The molecule has 1 N–H and O–H groups in total. The van der Waals surface area contributed by atoms with E-state index in [1.807, 2.05) is 0 Å². The Hall–Kier alpha value is -0.0400. The lowest BCUT2D eigenvalue weighted by atomic mass is 10.1. The lowest BCUT2D eigenvalue weighted by Gasteiger charge is -2.18. The van der Waals surface area contributed by atoms with Crippen LogP contribution in [0.5, 0.6) is 0 Å². The van der Waals surface area contributed by atoms with E-state index in [4.69, 9.17) is 0 Å². The minimum absolute atomic E-state index is 0.864. The zero-order chi connectivity index (χ0) is 8.39. The van der Waals surface area contributed by atoms with Crippen LogP contribution in [0.2, 0.25) is 0 Å². The van der Waals surface area contributed by atoms with E-state index in [9.17, 15) is 0 Å². The van der Waals surface area contributed by atoms with E-state index in [1.54, 1.807) is 0 Å². The summed E-state index contributed by atoms with van der Waals surface area (Å²) in [4.78, 5) is 0. The van der Waals surface area contributed by atoms with Crippen molar-refractivity contribution in [2.45, 2.75) is 64.0 Å². The molecule has 2 saturated carbocycles. The fraction of sp³-hybridized carbons (Fsp3) is 1.00. The maximum Gasteiger partial charge on any atom is 0.00722 e. The normalized spacial score (nSPS) is 37.8. The van der Waals surface area contributed by atoms with Crippen molar-refractivity contribution >= 4 is 0 Å². The molecule has 0 saturated heterocycles. The van der Waals surface area contributed by atoms with Crippen molar-refractivity contribution in [2.75, 3.05) is 0 Å². The van der Waals surface area contributed by atoms with Gasteiger partial charge in [0.15, 0.2) is 0 Å². The second-order valence-electron chi connectivity index (χ2n) is 4.76. The Morgan fingerprint density at radius 2 is 1.67 bits per heavy atom. The Labute approximate surface area is 75.9 Å². The van der Waals surface area contributed by atoms with Crippen LogP contribution in [0.3, 0.4) is 0 Å². The molecular weight excluding hydrogens is 146 g/mol. The van der Waals surface area contributed by atoms with Gasteiger partial charge in [-0.15, -0.1) is 0 Å². The molecule has 12 heavy (non-hydrogen) atoms. The third kappa shape index (κ3) is 2.01. The summed E-state index contributed by atoms with van der Waals surface area (Å²) >= 11 is 0. The molecule has 2 fully saturated rings. The number of nitrogens with one attached hydrogen (secondary N) is 1. The van der Waals surface area contributed by atoms with Crippen molar-refractivity contribution in [3.05, 3.63) is 0 Å². The number of rotatable bonds is 2. The largest absolute Gasteiger partial charge is 0.311 e. The van der Waals surface area contributed by atoms with Gasteiger partial charge in [-0.05, 0) is 38.0 Å². The Bertz CT molecular complexity index is 138. The van der Waals surface area contributed by atoms with Crippen molar-refractivity contribution < 1.29 is 0 Å². The lowest BCUT2D eigenvalue weighted by molar-refractivity contribution is 0.426. The van der Waals surface area contributed by atoms with Crippen LogP contribution in [0.1, 0.15) is 51.9 Å². The van der Waals surface area contributed by atoms with Crippen LogP contribution in [0.4, 0.5) is 0 Å². The maximum absolute atomic E-state index is 3.81. The van der Waals surface area contributed by atoms with Crippen LogP contribution in [0.25, 0.3) is 0 Å². The van der Waals surface area contributed by atoms with E-state index < -0.39 is 0 Å². The molecule has 0 aliphatic heterocycles. The average Bonchev–Trinajstić information content (AvgIpc) is 2.63. The molecule has 0 radical (unpaired) electrons. The first kappa shape index (κ1) is 8.55. The zero-order valence-corrected chi connectivity index (χ0v) is 8.18. The summed E-state index contributed by atoms with van der Waals surface area (Å²) in [6.45, 7) is 2.39. The molecule has 1 heteroatoms. The highest BCUT2D eigenvalue weighted by molar-refractivity contribution is 4.83. The minimum atomic E-state index is 0.864. The van der Waals surface area contributed by atoms with Gasteiger partial charge in [-0.25, -0.2) is 0 Å². The first-order valence-electron chi connectivity index (χ1n) is 5.60. The highest BCUT2D eigenvalue weighted by atomic mass is 15.0. The molecule has 0 heterocycles. The lowest BCUT2D eigenvalue weighted by Crippen LogP contribution is -2.34. The highest BCUT2D eigenvalue weighted by Crippen LogP contribution is 2.27. The Morgan fingerprint density at radius 3 is 2.25 bits per heavy atom. The van der Waals surface area contributed by atoms with E-state index >= 15 is 0 Å². The summed E-state index contributed by atoms with van der Waals surface area (Å²) < 4.78 is 0. The van der Waals surface area contributed by atoms with Crippen molar-refractivity contribution in [1.29, 1.82) is 0 Å². The van der Waals surface area contributed by atoms with E-state index in [2.05, 4.69) is 12.2 Å². The molecule has 70 valence electrons. The summed E-state index contributed by atoms with van der Waals surface area (Å²) in [6.07, 6.45) is 10.1. The predicted octanol–water partition coefficient (Wildman–Crippen LogP) is 2.71. The quantitative estimate of drug-likeness (QED) is 0.667. The zero-order valence-electron chi connectivity index (χ0n) is 8.18. The topological polar surface area (TPSA) is 12.0 Å². The molecule has 0 bridgehead atoms. The van der Waals surface area contributed by atoms with Crippen LogP contribution >= 0.6 is 0 Å². The molecule has 2 aliphatic carbocycles. The maximum atomic E-state index is 3.81. The van der Waals surface area contributed by atoms with Crippen LogP contribution in [0.15, 0.2) is 0 Å². The molecule has 0 aromatic carbocycles. The number of hydrogen-bond donors (Lipinski definition) is 1. The van der Waals surface area contributed by atoms with Gasteiger partial charge in [0.1, 0.15) is 0 Å². The highest BCUT2D eigenvalue weighted by Gasteiger charge is 2.24. The van der Waals surface area contributed by atoms with Crippen LogP contribution < -0.4 is 5.32 Å². The second kappa shape index (κ2) is 3.78. The Kier molecular flexibility index (Phi) is 2.69. The molecule has 2 rings (SSSR count). The van der Waals surface area contributed by atoms with Crippen molar-refractivity contribution in [3.63, 3.8) is 0 Å².